The zero-order chi connectivity index (χ0) is 11.5. The largest absolute Gasteiger partial charge is 0.481 e. The van der Waals surface area contributed by atoms with Crippen molar-refractivity contribution in [2.24, 2.45) is 0 Å². The Hall–Kier alpha value is -1.40. The van der Waals surface area contributed by atoms with E-state index in [1.54, 1.807) is 10.9 Å². The first-order valence-corrected chi connectivity index (χ1v) is 5.28. The molecule has 1 fully saturated rings. The van der Waals surface area contributed by atoms with E-state index in [9.17, 15) is 9.90 Å². The van der Waals surface area contributed by atoms with Gasteiger partial charge in [-0.15, -0.1) is 0 Å². The van der Waals surface area contributed by atoms with E-state index >= 15 is 0 Å². The van der Waals surface area contributed by atoms with Crippen LogP contribution in [-0.2, 0) is 4.79 Å². The Labute approximate surface area is 93.1 Å². The number of β-amino-alcohol motifs (C(OH)–C–C–N with tert-alkyl or cyclic N) is 1. The summed E-state index contributed by atoms with van der Waals surface area (Å²) in [6.45, 7) is 1.64. The predicted octanol–water partition coefficient (Wildman–Crippen LogP) is -0.425. The number of nitrogens with zero attached hydrogens (tertiary/aromatic N) is 3. The van der Waals surface area contributed by atoms with Crippen molar-refractivity contribution in [1.29, 1.82) is 0 Å². The van der Waals surface area contributed by atoms with Crippen LogP contribution < -0.4 is 0 Å². The zero-order valence-corrected chi connectivity index (χ0v) is 8.86. The van der Waals surface area contributed by atoms with E-state index in [1.807, 2.05) is 17.2 Å². The van der Waals surface area contributed by atoms with Crippen molar-refractivity contribution in [2.45, 2.75) is 18.6 Å². The van der Waals surface area contributed by atoms with E-state index < -0.39 is 12.1 Å². The van der Waals surface area contributed by atoms with Crippen molar-refractivity contribution in [3.63, 3.8) is 0 Å². The van der Waals surface area contributed by atoms with E-state index in [-0.39, 0.29) is 12.5 Å². The van der Waals surface area contributed by atoms with Gasteiger partial charge in [0.15, 0.2) is 0 Å². The number of aliphatic hydroxyl groups is 1. The Kier molecular flexibility index (Phi) is 3.21. The number of likely N-dealkylation sites (tertiary alicyclic amines) is 1. The topological polar surface area (TPSA) is 78.6 Å². The lowest BCUT2D eigenvalue weighted by Crippen LogP contribution is -2.24. The van der Waals surface area contributed by atoms with Gasteiger partial charge in [0, 0.05) is 32.0 Å². The van der Waals surface area contributed by atoms with E-state index in [2.05, 4.69) is 5.10 Å². The van der Waals surface area contributed by atoms with Crippen molar-refractivity contribution < 1.29 is 15.0 Å². The quantitative estimate of drug-likeness (QED) is 0.727. The second-order valence-corrected chi connectivity index (χ2v) is 4.02. The molecule has 0 radical (unpaired) electrons. The summed E-state index contributed by atoms with van der Waals surface area (Å²) in [6, 6.07) is 1.75. The van der Waals surface area contributed by atoms with Crippen molar-refractivity contribution in [2.75, 3.05) is 19.6 Å². The average molecular weight is 225 g/mol. The van der Waals surface area contributed by atoms with Gasteiger partial charge in [0.2, 0.25) is 0 Å². The van der Waals surface area contributed by atoms with Gasteiger partial charge < -0.3 is 10.2 Å². The number of carboxylic acids is 1. The first-order valence-electron chi connectivity index (χ1n) is 5.28. The number of hydrogen-bond donors (Lipinski definition) is 2. The molecule has 0 aromatic carbocycles. The monoisotopic (exact) mass is 225 g/mol. The average Bonchev–Trinajstić information content (AvgIpc) is 2.83. The number of rotatable bonds is 4. The van der Waals surface area contributed by atoms with Crippen LogP contribution in [0.2, 0.25) is 0 Å². The minimum Gasteiger partial charge on any atom is -0.481 e. The fourth-order valence-corrected chi connectivity index (χ4v) is 2.02. The second-order valence-electron chi connectivity index (χ2n) is 4.02. The lowest BCUT2D eigenvalue weighted by Gasteiger charge is -2.14. The summed E-state index contributed by atoms with van der Waals surface area (Å²) in [6.07, 6.45) is 3.12. The van der Waals surface area contributed by atoms with E-state index in [0.29, 0.717) is 19.6 Å². The van der Waals surface area contributed by atoms with Crippen LogP contribution >= 0.6 is 0 Å². The van der Waals surface area contributed by atoms with Crippen LogP contribution in [0.15, 0.2) is 18.5 Å². The van der Waals surface area contributed by atoms with Crippen LogP contribution in [0.25, 0.3) is 0 Å². The molecule has 1 aromatic rings. The maximum Gasteiger partial charge on any atom is 0.304 e. The third kappa shape index (κ3) is 2.40. The summed E-state index contributed by atoms with van der Waals surface area (Å²) < 4.78 is 1.73. The molecule has 0 aliphatic carbocycles. The Morgan fingerprint density at radius 2 is 2.31 bits per heavy atom. The van der Waals surface area contributed by atoms with Crippen LogP contribution in [0.3, 0.4) is 0 Å². The highest BCUT2D eigenvalue weighted by atomic mass is 16.4. The van der Waals surface area contributed by atoms with Gasteiger partial charge >= 0.3 is 5.97 Å². The van der Waals surface area contributed by atoms with Crippen LogP contribution in [0.4, 0.5) is 0 Å². The third-order valence-electron chi connectivity index (χ3n) is 2.84. The highest BCUT2D eigenvalue weighted by molar-refractivity contribution is 5.66. The number of aliphatic hydroxyl groups excluding tert-OH is 1. The van der Waals surface area contributed by atoms with Crippen LogP contribution in [0.5, 0.6) is 0 Å². The molecule has 2 N–H and O–H groups in total. The summed E-state index contributed by atoms with van der Waals surface area (Å²) in [7, 11) is 0. The summed E-state index contributed by atoms with van der Waals surface area (Å²) >= 11 is 0. The van der Waals surface area contributed by atoms with Crippen LogP contribution in [0, 0.1) is 0 Å². The Morgan fingerprint density at radius 1 is 1.50 bits per heavy atom. The molecule has 1 aliphatic rings. The van der Waals surface area contributed by atoms with Crippen LogP contribution in [0.1, 0.15) is 12.5 Å². The number of carboxylic acid groups (broad SMARTS) is 1. The summed E-state index contributed by atoms with van der Waals surface area (Å²) in [4.78, 5) is 12.4. The molecule has 6 heteroatoms. The maximum atomic E-state index is 10.4. The lowest BCUT2D eigenvalue weighted by atomic mass is 10.2. The van der Waals surface area contributed by atoms with Gasteiger partial charge in [-0.25, -0.2) is 0 Å². The lowest BCUT2D eigenvalue weighted by molar-refractivity contribution is -0.137. The van der Waals surface area contributed by atoms with Gasteiger partial charge in [-0.1, -0.05) is 0 Å². The smallest absolute Gasteiger partial charge is 0.304 e. The second kappa shape index (κ2) is 4.63. The number of aromatic nitrogens is 2. The molecular formula is C10H15N3O3. The minimum atomic E-state index is -0.808. The van der Waals surface area contributed by atoms with E-state index in [4.69, 9.17) is 5.11 Å². The molecule has 0 spiro atoms. The summed E-state index contributed by atoms with van der Waals surface area (Å²) in [5.74, 6) is -0.808. The van der Waals surface area contributed by atoms with Gasteiger partial charge in [-0.05, 0) is 6.07 Å². The first-order chi connectivity index (χ1) is 7.66. The number of aliphatic carboxylic acids is 1. The first kappa shape index (κ1) is 11.1. The molecular weight excluding hydrogens is 210 g/mol. The SMILES string of the molecule is O=C(O)CCN1C[C@@H](n2cccn2)[C@@H](O)C1. The highest BCUT2D eigenvalue weighted by Crippen LogP contribution is 2.21. The van der Waals surface area contributed by atoms with Gasteiger partial charge in [0.25, 0.3) is 0 Å². The molecule has 2 rings (SSSR count). The maximum absolute atomic E-state index is 10.4. The molecule has 88 valence electrons. The molecule has 16 heavy (non-hydrogen) atoms. The van der Waals surface area contributed by atoms with Crippen LogP contribution in [-0.4, -0.2) is 56.6 Å². The number of carbonyl (C=O) groups is 1. The molecule has 1 saturated heterocycles. The van der Waals surface area contributed by atoms with Gasteiger partial charge in [0.1, 0.15) is 0 Å². The summed E-state index contributed by atoms with van der Waals surface area (Å²) in [5, 5.41) is 22.5. The standard InChI is InChI=1S/C10H15N3O3/c14-9-7-12(5-2-10(15)16)6-8(9)13-4-1-3-11-13/h1,3-4,8-9,14H,2,5-7H2,(H,15,16)/t8-,9+/m1/s1. The van der Waals surface area contributed by atoms with Gasteiger partial charge in [0.05, 0.1) is 18.6 Å². The molecule has 0 unspecified atom stereocenters. The Morgan fingerprint density at radius 3 is 2.94 bits per heavy atom. The predicted molar refractivity (Wildman–Crippen MR) is 56.0 cm³/mol. The van der Waals surface area contributed by atoms with E-state index in [1.165, 1.54) is 0 Å². The molecule has 0 saturated carbocycles. The van der Waals surface area contributed by atoms with E-state index in [0.717, 1.165) is 0 Å². The molecule has 6 nitrogen and oxygen atoms in total. The van der Waals surface area contributed by atoms with Crippen molar-refractivity contribution in [3.05, 3.63) is 18.5 Å². The van der Waals surface area contributed by atoms with Gasteiger partial charge in [-0.3, -0.25) is 14.4 Å². The van der Waals surface area contributed by atoms with Crippen molar-refractivity contribution in [3.8, 4) is 0 Å². The minimum absolute atomic E-state index is 0.0659. The van der Waals surface area contributed by atoms with Crippen molar-refractivity contribution in [1.82, 2.24) is 14.7 Å². The fourth-order valence-electron chi connectivity index (χ4n) is 2.02. The zero-order valence-electron chi connectivity index (χ0n) is 8.86. The molecule has 1 aliphatic heterocycles. The van der Waals surface area contributed by atoms with Gasteiger partial charge in [-0.2, -0.15) is 5.10 Å². The Balaban J connectivity index is 1.92. The molecule has 2 heterocycles. The molecule has 0 amide bonds. The molecule has 1 aromatic heterocycles. The number of hydrogen-bond acceptors (Lipinski definition) is 4. The normalized spacial score (nSPS) is 26.1. The van der Waals surface area contributed by atoms with Crippen molar-refractivity contribution >= 4 is 5.97 Å². The summed E-state index contributed by atoms with van der Waals surface area (Å²) in [5.41, 5.74) is 0. The fraction of sp³-hybridized carbons (Fsp3) is 0.600. The highest BCUT2D eigenvalue weighted by Gasteiger charge is 2.32. The molecule has 0 bridgehead atoms. The molecule has 2 atom stereocenters. The Bertz CT molecular complexity index is 352. The third-order valence-corrected chi connectivity index (χ3v) is 2.84.